The van der Waals surface area contributed by atoms with Gasteiger partial charge in [0.2, 0.25) is 0 Å². The van der Waals surface area contributed by atoms with E-state index in [4.69, 9.17) is 33.5 Å². The molecule has 0 aliphatic carbocycles. The van der Waals surface area contributed by atoms with Gasteiger partial charge in [0.1, 0.15) is 42.7 Å². The van der Waals surface area contributed by atoms with E-state index in [1.165, 1.54) is 7.11 Å². The van der Waals surface area contributed by atoms with Crippen molar-refractivity contribution in [3.05, 3.63) is 0 Å². The highest BCUT2D eigenvalue weighted by atomic mass is 31.2. The van der Waals surface area contributed by atoms with Crippen LogP contribution < -0.4 is 0 Å². The molecule has 0 bridgehead atoms. The standard InChI is InChI=1S/C17H33O13P/c1-7(2)27-6-9-11(19)13(21)15(17(26-3)29-9)30-16-14(22)12(20)10(18)8(28-16)4-5-31(23,24)25/h7-22H,4-6H2,1-3H3,(H2,23,24,25)/t8-,9-,10-,11-,12+,13+,14+,15+,16-,17+/m1/s1. The molecule has 2 aliphatic heterocycles. The number of aliphatic hydroxyl groups is 5. The molecule has 0 spiro atoms. The highest BCUT2D eigenvalue weighted by molar-refractivity contribution is 7.51. The van der Waals surface area contributed by atoms with E-state index in [1.807, 2.05) is 0 Å². The number of methoxy groups -OCH3 is 1. The molecule has 0 amide bonds. The van der Waals surface area contributed by atoms with E-state index in [-0.39, 0.29) is 19.1 Å². The molecule has 7 N–H and O–H groups in total. The van der Waals surface area contributed by atoms with E-state index in [0.717, 1.165) is 0 Å². The van der Waals surface area contributed by atoms with Gasteiger partial charge in [-0.1, -0.05) is 0 Å². The average molecular weight is 476 g/mol. The number of ether oxygens (including phenoxy) is 5. The first-order valence-electron chi connectivity index (χ1n) is 9.91. The largest absolute Gasteiger partial charge is 0.388 e. The van der Waals surface area contributed by atoms with E-state index in [0.29, 0.717) is 0 Å². The minimum Gasteiger partial charge on any atom is -0.388 e. The molecule has 14 heteroatoms. The van der Waals surface area contributed by atoms with E-state index in [2.05, 4.69) is 0 Å². The first-order valence-corrected chi connectivity index (χ1v) is 11.7. The van der Waals surface area contributed by atoms with Gasteiger partial charge in [-0.2, -0.15) is 0 Å². The number of hydrogen-bond acceptors (Lipinski definition) is 11. The summed E-state index contributed by atoms with van der Waals surface area (Å²) in [7, 11) is -3.13. The van der Waals surface area contributed by atoms with Crippen LogP contribution in [0, 0.1) is 0 Å². The van der Waals surface area contributed by atoms with Gasteiger partial charge in [0.05, 0.1) is 25.0 Å². The maximum Gasteiger partial charge on any atom is 0.325 e. The molecule has 0 radical (unpaired) electrons. The fourth-order valence-electron chi connectivity index (χ4n) is 3.38. The maximum absolute atomic E-state index is 11.1. The maximum atomic E-state index is 11.1. The van der Waals surface area contributed by atoms with Gasteiger partial charge in [-0.15, -0.1) is 0 Å². The molecule has 13 nitrogen and oxygen atoms in total. The van der Waals surface area contributed by atoms with Crippen LogP contribution in [0.1, 0.15) is 20.3 Å². The Morgan fingerprint density at radius 1 is 0.871 bits per heavy atom. The lowest BCUT2D eigenvalue weighted by atomic mass is 9.96. The van der Waals surface area contributed by atoms with Crippen LogP contribution in [0.25, 0.3) is 0 Å². The monoisotopic (exact) mass is 476 g/mol. The summed E-state index contributed by atoms with van der Waals surface area (Å²) in [5, 5.41) is 51.3. The van der Waals surface area contributed by atoms with Crippen LogP contribution in [0.3, 0.4) is 0 Å². The molecule has 0 aromatic rings. The molecule has 0 aromatic carbocycles. The Bertz CT molecular complexity index is 599. The van der Waals surface area contributed by atoms with Gasteiger partial charge in [-0.3, -0.25) is 4.57 Å². The SMILES string of the molecule is CO[C@H]1O[C@H](COC(C)C)[C@@H](O)[C@H](O)[C@@H]1O[C@H]1O[C@H](CCP(=O)(O)O)[C@@H](O)[C@H](O)[C@@H]1O. The molecule has 31 heavy (non-hydrogen) atoms. The first kappa shape index (κ1) is 27.0. The normalized spacial score (nSPS) is 42.2. The molecule has 0 unspecified atom stereocenters. The lowest BCUT2D eigenvalue weighted by molar-refractivity contribution is -0.364. The molecule has 2 heterocycles. The second kappa shape index (κ2) is 11.3. The molecule has 2 aliphatic rings. The molecule has 0 aromatic heterocycles. The van der Waals surface area contributed by atoms with E-state index in [9.17, 15) is 30.1 Å². The summed E-state index contributed by atoms with van der Waals surface area (Å²) in [6, 6.07) is 0. The van der Waals surface area contributed by atoms with Crippen molar-refractivity contribution in [2.75, 3.05) is 19.9 Å². The van der Waals surface area contributed by atoms with Crippen molar-refractivity contribution < 1.29 is 63.6 Å². The zero-order valence-electron chi connectivity index (χ0n) is 17.5. The van der Waals surface area contributed by atoms with Crippen molar-refractivity contribution in [1.29, 1.82) is 0 Å². The summed E-state index contributed by atoms with van der Waals surface area (Å²) in [5.74, 6) is 0. The predicted molar refractivity (Wildman–Crippen MR) is 102 cm³/mol. The molecule has 2 fully saturated rings. The van der Waals surface area contributed by atoms with Gasteiger partial charge >= 0.3 is 7.60 Å². The molecule has 2 saturated heterocycles. The van der Waals surface area contributed by atoms with Gasteiger partial charge < -0.3 is 59.0 Å². The van der Waals surface area contributed by atoms with Gasteiger partial charge in [-0.05, 0) is 20.3 Å². The van der Waals surface area contributed by atoms with Crippen molar-refractivity contribution in [2.24, 2.45) is 0 Å². The van der Waals surface area contributed by atoms with Crippen LogP contribution >= 0.6 is 7.60 Å². The summed E-state index contributed by atoms with van der Waals surface area (Å²) in [6.45, 7) is 3.55. The zero-order valence-corrected chi connectivity index (χ0v) is 18.4. The summed E-state index contributed by atoms with van der Waals surface area (Å²) >= 11 is 0. The second-order valence-electron chi connectivity index (χ2n) is 7.93. The lowest BCUT2D eigenvalue weighted by Gasteiger charge is -2.46. The number of rotatable bonds is 9. The van der Waals surface area contributed by atoms with Crippen LogP contribution in [0.15, 0.2) is 0 Å². The third kappa shape index (κ3) is 7.11. The van der Waals surface area contributed by atoms with Gasteiger partial charge in [0, 0.05) is 7.11 Å². The van der Waals surface area contributed by atoms with Gasteiger partial charge in [0.25, 0.3) is 0 Å². The average Bonchev–Trinajstić information content (AvgIpc) is 2.69. The molecule has 10 atom stereocenters. The summed E-state index contributed by atoms with van der Waals surface area (Å²) in [4.78, 5) is 18.1. The van der Waals surface area contributed by atoms with E-state index in [1.54, 1.807) is 13.8 Å². The minimum atomic E-state index is -4.40. The third-order valence-electron chi connectivity index (χ3n) is 5.14. The highest BCUT2D eigenvalue weighted by Gasteiger charge is 2.51. The third-order valence-corrected chi connectivity index (χ3v) is 5.98. The van der Waals surface area contributed by atoms with Gasteiger partial charge in [0.15, 0.2) is 12.6 Å². The van der Waals surface area contributed by atoms with Crippen molar-refractivity contribution >= 4 is 7.60 Å². The summed E-state index contributed by atoms with van der Waals surface area (Å²) in [5.41, 5.74) is 0. The highest BCUT2D eigenvalue weighted by Crippen LogP contribution is 2.37. The fourth-order valence-corrected chi connectivity index (χ4v) is 3.97. The van der Waals surface area contributed by atoms with Crippen molar-refractivity contribution in [2.45, 2.75) is 87.8 Å². The topological polar surface area (TPSA) is 205 Å². The second-order valence-corrected chi connectivity index (χ2v) is 9.71. The fraction of sp³-hybridized carbons (Fsp3) is 1.00. The molecule has 0 saturated carbocycles. The molecule has 2 rings (SSSR count). The Kier molecular flexibility index (Phi) is 9.80. The summed E-state index contributed by atoms with van der Waals surface area (Å²) in [6.07, 6.45) is -15.6. The number of aliphatic hydroxyl groups excluding tert-OH is 5. The summed E-state index contributed by atoms with van der Waals surface area (Å²) < 4.78 is 38.3. The van der Waals surface area contributed by atoms with Crippen molar-refractivity contribution in [3.8, 4) is 0 Å². The molecular formula is C17H33O13P. The zero-order chi connectivity index (χ0) is 23.5. The Hall–Kier alpha value is -0.250. The van der Waals surface area contributed by atoms with Crippen LogP contribution in [-0.2, 0) is 28.2 Å². The lowest BCUT2D eigenvalue weighted by Crippen LogP contribution is -2.64. The molecule has 184 valence electrons. The van der Waals surface area contributed by atoms with Crippen LogP contribution in [0.2, 0.25) is 0 Å². The Morgan fingerprint density at radius 3 is 2.00 bits per heavy atom. The van der Waals surface area contributed by atoms with Crippen LogP contribution in [0.5, 0.6) is 0 Å². The smallest absolute Gasteiger partial charge is 0.325 e. The van der Waals surface area contributed by atoms with Crippen molar-refractivity contribution in [3.63, 3.8) is 0 Å². The Labute approximate surface area is 179 Å². The van der Waals surface area contributed by atoms with Gasteiger partial charge in [-0.25, -0.2) is 0 Å². The van der Waals surface area contributed by atoms with Crippen LogP contribution in [-0.4, -0.2) is 123 Å². The molecular weight excluding hydrogens is 443 g/mol. The number of hydrogen-bond donors (Lipinski definition) is 7. The van der Waals surface area contributed by atoms with E-state index >= 15 is 0 Å². The Balaban J connectivity index is 2.09. The quantitative estimate of drug-likeness (QED) is 0.169. The predicted octanol–water partition coefficient (Wildman–Crippen LogP) is -2.73. The Morgan fingerprint density at radius 2 is 1.45 bits per heavy atom. The van der Waals surface area contributed by atoms with Crippen LogP contribution in [0.4, 0.5) is 0 Å². The first-order chi connectivity index (χ1) is 14.4. The minimum absolute atomic E-state index is 0.0274. The van der Waals surface area contributed by atoms with Crippen molar-refractivity contribution in [1.82, 2.24) is 0 Å². The van der Waals surface area contributed by atoms with E-state index < -0.39 is 75.2 Å².